The summed E-state index contributed by atoms with van der Waals surface area (Å²) in [7, 11) is 0. The van der Waals surface area contributed by atoms with Crippen LogP contribution in [0.3, 0.4) is 0 Å². The average molecular weight is 253 g/mol. The van der Waals surface area contributed by atoms with E-state index in [0.29, 0.717) is 25.2 Å². The highest BCUT2D eigenvalue weighted by atomic mass is 16.4. The molecule has 2 amide bonds. The molecule has 0 radical (unpaired) electrons. The number of carbonyl (C=O) groups excluding carboxylic acids is 2. The summed E-state index contributed by atoms with van der Waals surface area (Å²) >= 11 is 0. The van der Waals surface area contributed by atoms with E-state index in [1.807, 2.05) is 0 Å². The zero-order chi connectivity index (χ0) is 13.3. The molecule has 5 nitrogen and oxygen atoms in total. The number of piperidine rings is 1. The standard InChI is InChI=1S/C13H19NO4/c1-9-5-7-13(8-6-9,12(17)18)14-10(15)3-2-4-11(14)16/h9H,2-8H2,1H3,(H,17,18). The zero-order valence-corrected chi connectivity index (χ0v) is 10.6. The summed E-state index contributed by atoms with van der Waals surface area (Å²) in [6, 6.07) is 0. The Morgan fingerprint density at radius 2 is 1.72 bits per heavy atom. The molecule has 0 aromatic rings. The third-order valence-corrected chi connectivity index (χ3v) is 4.21. The van der Waals surface area contributed by atoms with Gasteiger partial charge >= 0.3 is 5.97 Å². The molecular formula is C13H19NO4. The first-order valence-electron chi connectivity index (χ1n) is 6.56. The summed E-state index contributed by atoms with van der Waals surface area (Å²) < 4.78 is 0. The van der Waals surface area contributed by atoms with Gasteiger partial charge in [-0.3, -0.25) is 14.5 Å². The van der Waals surface area contributed by atoms with Crippen LogP contribution in [0.5, 0.6) is 0 Å². The van der Waals surface area contributed by atoms with Gasteiger partial charge in [0.2, 0.25) is 11.8 Å². The van der Waals surface area contributed by atoms with Gasteiger partial charge in [0.05, 0.1) is 0 Å². The van der Waals surface area contributed by atoms with Crippen molar-refractivity contribution in [2.24, 2.45) is 5.92 Å². The van der Waals surface area contributed by atoms with E-state index in [-0.39, 0.29) is 24.7 Å². The van der Waals surface area contributed by atoms with Crippen molar-refractivity contribution in [2.45, 2.75) is 57.4 Å². The first-order valence-corrected chi connectivity index (χ1v) is 6.56. The molecule has 1 N–H and O–H groups in total. The Kier molecular flexibility index (Phi) is 3.41. The molecule has 100 valence electrons. The normalized spacial score (nSPS) is 33.6. The highest BCUT2D eigenvalue weighted by Gasteiger charge is 2.51. The maximum absolute atomic E-state index is 11.9. The summed E-state index contributed by atoms with van der Waals surface area (Å²) in [5, 5.41) is 9.52. The number of aliphatic carboxylic acids is 1. The van der Waals surface area contributed by atoms with E-state index >= 15 is 0 Å². The fourth-order valence-electron chi connectivity index (χ4n) is 3.00. The Hall–Kier alpha value is -1.39. The first-order chi connectivity index (χ1) is 8.47. The highest BCUT2D eigenvalue weighted by molar-refractivity contribution is 6.02. The molecule has 0 spiro atoms. The SMILES string of the molecule is CC1CCC(C(=O)O)(N2C(=O)CCCC2=O)CC1. The van der Waals surface area contributed by atoms with E-state index in [1.54, 1.807) is 0 Å². The van der Waals surface area contributed by atoms with Crippen LogP contribution < -0.4 is 0 Å². The van der Waals surface area contributed by atoms with Gasteiger partial charge < -0.3 is 5.11 Å². The second kappa shape index (κ2) is 4.71. The molecular weight excluding hydrogens is 234 g/mol. The Morgan fingerprint density at radius 3 is 2.17 bits per heavy atom. The molecule has 2 aliphatic rings. The molecule has 18 heavy (non-hydrogen) atoms. The van der Waals surface area contributed by atoms with E-state index in [1.165, 1.54) is 0 Å². The second-order valence-corrected chi connectivity index (χ2v) is 5.50. The van der Waals surface area contributed by atoms with Gasteiger partial charge in [-0.15, -0.1) is 0 Å². The molecule has 1 saturated heterocycles. The van der Waals surface area contributed by atoms with Crippen molar-refractivity contribution in [1.29, 1.82) is 0 Å². The lowest BCUT2D eigenvalue weighted by atomic mass is 9.75. The van der Waals surface area contributed by atoms with Gasteiger partial charge in [0.1, 0.15) is 5.54 Å². The molecule has 0 atom stereocenters. The van der Waals surface area contributed by atoms with Crippen molar-refractivity contribution in [1.82, 2.24) is 4.90 Å². The molecule has 0 unspecified atom stereocenters. The Labute approximate surface area is 106 Å². The topological polar surface area (TPSA) is 74.7 Å². The number of imide groups is 1. The third kappa shape index (κ3) is 2.02. The van der Waals surface area contributed by atoms with Crippen molar-refractivity contribution in [3.05, 3.63) is 0 Å². The van der Waals surface area contributed by atoms with Crippen LogP contribution in [0.25, 0.3) is 0 Å². The maximum Gasteiger partial charge on any atom is 0.330 e. The molecule has 0 bridgehead atoms. The van der Waals surface area contributed by atoms with Crippen LogP contribution in [0.15, 0.2) is 0 Å². The summed E-state index contributed by atoms with van der Waals surface area (Å²) in [6.07, 6.45) is 3.40. The zero-order valence-electron chi connectivity index (χ0n) is 10.6. The monoisotopic (exact) mass is 253 g/mol. The molecule has 1 aliphatic carbocycles. The van der Waals surface area contributed by atoms with Crippen molar-refractivity contribution in [3.8, 4) is 0 Å². The van der Waals surface area contributed by atoms with E-state index in [2.05, 4.69) is 6.92 Å². The fraction of sp³-hybridized carbons (Fsp3) is 0.769. The van der Waals surface area contributed by atoms with Crippen LogP contribution in [0.4, 0.5) is 0 Å². The molecule has 1 saturated carbocycles. The van der Waals surface area contributed by atoms with Crippen molar-refractivity contribution < 1.29 is 19.5 Å². The number of hydrogen-bond donors (Lipinski definition) is 1. The van der Waals surface area contributed by atoms with Crippen molar-refractivity contribution in [2.75, 3.05) is 0 Å². The van der Waals surface area contributed by atoms with Crippen molar-refractivity contribution in [3.63, 3.8) is 0 Å². The van der Waals surface area contributed by atoms with Crippen LogP contribution in [0, 0.1) is 5.92 Å². The summed E-state index contributed by atoms with van der Waals surface area (Å²) in [5.41, 5.74) is -1.28. The Balaban J connectivity index is 2.32. The number of carboxylic acid groups (broad SMARTS) is 1. The van der Waals surface area contributed by atoms with E-state index in [9.17, 15) is 19.5 Å². The quantitative estimate of drug-likeness (QED) is 0.758. The van der Waals surface area contributed by atoms with Gasteiger partial charge in [-0.25, -0.2) is 4.79 Å². The number of carboxylic acids is 1. The number of amides is 2. The third-order valence-electron chi connectivity index (χ3n) is 4.21. The van der Waals surface area contributed by atoms with E-state index in [0.717, 1.165) is 17.7 Å². The first kappa shape index (κ1) is 13.1. The van der Waals surface area contributed by atoms with E-state index in [4.69, 9.17) is 0 Å². The minimum atomic E-state index is -1.28. The summed E-state index contributed by atoms with van der Waals surface area (Å²) in [6.45, 7) is 2.08. The van der Waals surface area contributed by atoms with Gasteiger partial charge in [0.25, 0.3) is 0 Å². The maximum atomic E-state index is 11.9. The number of nitrogens with zero attached hydrogens (tertiary/aromatic N) is 1. The molecule has 0 aromatic heterocycles. The molecule has 2 fully saturated rings. The highest BCUT2D eigenvalue weighted by Crippen LogP contribution is 2.38. The Morgan fingerprint density at radius 1 is 1.22 bits per heavy atom. The molecule has 2 rings (SSSR count). The van der Waals surface area contributed by atoms with Crippen molar-refractivity contribution >= 4 is 17.8 Å². The van der Waals surface area contributed by atoms with Gasteiger partial charge in [-0.1, -0.05) is 6.92 Å². The lowest BCUT2D eigenvalue weighted by Crippen LogP contribution is -2.61. The van der Waals surface area contributed by atoms with Gasteiger partial charge in [0.15, 0.2) is 0 Å². The van der Waals surface area contributed by atoms with Crippen LogP contribution in [-0.2, 0) is 14.4 Å². The molecule has 1 heterocycles. The lowest BCUT2D eigenvalue weighted by molar-refractivity contribution is -0.171. The largest absolute Gasteiger partial charge is 0.479 e. The number of carbonyl (C=O) groups is 3. The van der Waals surface area contributed by atoms with Crippen LogP contribution in [-0.4, -0.2) is 33.3 Å². The predicted octanol–water partition coefficient (Wildman–Crippen LogP) is 1.56. The smallest absolute Gasteiger partial charge is 0.330 e. The minimum absolute atomic E-state index is 0.288. The average Bonchev–Trinajstić information content (AvgIpc) is 2.31. The number of rotatable bonds is 2. The number of likely N-dealkylation sites (tertiary alicyclic amines) is 1. The van der Waals surface area contributed by atoms with E-state index < -0.39 is 11.5 Å². The second-order valence-electron chi connectivity index (χ2n) is 5.50. The van der Waals surface area contributed by atoms with Crippen LogP contribution >= 0.6 is 0 Å². The fourth-order valence-corrected chi connectivity index (χ4v) is 3.00. The molecule has 1 aliphatic heterocycles. The number of hydrogen-bond acceptors (Lipinski definition) is 3. The van der Waals surface area contributed by atoms with Gasteiger partial charge in [0, 0.05) is 12.8 Å². The Bertz CT molecular complexity index is 366. The summed E-state index contributed by atoms with van der Waals surface area (Å²) in [4.78, 5) is 36.6. The van der Waals surface area contributed by atoms with Gasteiger partial charge in [-0.2, -0.15) is 0 Å². The van der Waals surface area contributed by atoms with Gasteiger partial charge in [-0.05, 0) is 38.0 Å². The predicted molar refractivity (Wildman–Crippen MR) is 63.7 cm³/mol. The van der Waals surface area contributed by atoms with Crippen LogP contribution in [0.1, 0.15) is 51.9 Å². The lowest BCUT2D eigenvalue weighted by Gasteiger charge is -2.44. The minimum Gasteiger partial charge on any atom is -0.479 e. The molecule has 5 heteroatoms. The molecule has 0 aromatic carbocycles. The van der Waals surface area contributed by atoms with Crippen LogP contribution in [0.2, 0.25) is 0 Å². The summed E-state index contributed by atoms with van der Waals surface area (Å²) in [5.74, 6) is -1.20.